The number of anilines is 3. The number of nitrogens with zero attached hydrogens (tertiary/aromatic N) is 2. The van der Waals surface area contributed by atoms with Gasteiger partial charge in [-0.1, -0.05) is 48.5 Å². The van der Waals surface area contributed by atoms with Gasteiger partial charge >= 0.3 is 0 Å². The predicted octanol–water partition coefficient (Wildman–Crippen LogP) is 6.32. The van der Waals surface area contributed by atoms with Crippen molar-refractivity contribution in [2.45, 2.75) is 13.8 Å². The molecule has 2 nitrogen and oxygen atoms in total. The summed E-state index contributed by atoms with van der Waals surface area (Å²) in [4.78, 5) is 6.97. The number of para-hydroxylation sites is 1. The van der Waals surface area contributed by atoms with Crippen molar-refractivity contribution in [3.63, 3.8) is 0 Å². The summed E-state index contributed by atoms with van der Waals surface area (Å²) in [5.74, 6) is 0.951. The lowest BCUT2D eigenvalue weighted by atomic mass is 10.1. The van der Waals surface area contributed by atoms with Crippen LogP contribution >= 0.6 is 0 Å². The minimum atomic E-state index is 0.951. The third-order valence-electron chi connectivity index (χ3n) is 4.63. The molecule has 0 fully saturated rings. The number of benzene rings is 3. The van der Waals surface area contributed by atoms with E-state index in [0.29, 0.717) is 0 Å². The molecule has 0 spiro atoms. The molecule has 3 aromatic carbocycles. The number of fused-ring (bicyclic) bond motifs is 1. The summed E-state index contributed by atoms with van der Waals surface area (Å²) in [5.41, 5.74) is 4.80. The average Bonchev–Trinajstić information content (AvgIpc) is 2.66. The first-order chi connectivity index (χ1) is 12.2. The Morgan fingerprint density at radius 3 is 2.24 bits per heavy atom. The maximum absolute atomic E-state index is 4.74. The van der Waals surface area contributed by atoms with E-state index in [1.165, 1.54) is 16.5 Å². The van der Waals surface area contributed by atoms with Crippen molar-refractivity contribution in [3.8, 4) is 0 Å². The standard InChI is InChI=1S/C23H20N2/c1-17-12-13-21(16-18(17)2)25(20-9-4-3-5-10-20)23-22-11-7-6-8-19(22)14-15-24-23/h3-16H,1-2H3. The molecule has 0 unspecified atom stereocenters. The van der Waals surface area contributed by atoms with Crippen LogP contribution in [0, 0.1) is 13.8 Å². The number of hydrogen-bond acceptors (Lipinski definition) is 2. The van der Waals surface area contributed by atoms with Crippen molar-refractivity contribution in [3.05, 3.63) is 96.2 Å². The van der Waals surface area contributed by atoms with Crippen LogP contribution in [-0.2, 0) is 0 Å². The zero-order chi connectivity index (χ0) is 17.2. The molecule has 1 heterocycles. The third kappa shape index (κ3) is 2.87. The Morgan fingerprint density at radius 1 is 0.680 bits per heavy atom. The van der Waals surface area contributed by atoms with E-state index in [4.69, 9.17) is 4.98 Å². The van der Waals surface area contributed by atoms with Gasteiger partial charge in [0, 0.05) is 23.0 Å². The highest BCUT2D eigenvalue weighted by molar-refractivity contribution is 5.96. The van der Waals surface area contributed by atoms with Gasteiger partial charge in [-0.25, -0.2) is 4.98 Å². The normalized spacial score (nSPS) is 10.8. The summed E-state index contributed by atoms with van der Waals surface area (Å²) in [5, 5.41) is 2.34. The SMILES string of the molecule is Cc1ccc(N(c2ccccc2)c2nccc3ccccc23)cc1C. The molecule has 4 aromatic rings. The fraction of sp³-hybridized carbons (Fsp3) is 0.0870. The lowest BCUT2D eigenvalue weighted by molar-refractivity contribution is 1.19. The quantitative estimate of drug-likeness (QED) is 0.438. The monoisotopic (exact) mass is 324 g/mol. The van der Waals surface area contributed by atoms with Crippen LogP contribution in [0.15, 0.2) is 85.1 Å². The predicted molar refractivity (Wildman–Crippen MR) is 106 cm³/mol. The van der Waals surface area contributed by atoms with Crippen LogP contribution in [0.25, 0.3) is 10.8 Å². The van der Waals surface area contributed by atoms with Gasteiger partial charge in [-0.15, -0.1) is 0 Å². The minimum Gasteiger partial charge on any atom is -0.295 e. The van der Waals surface area contributed by atoms with Crippen molar-refractivity contribution >= 4 is 28.0 Å². The molecular formula is C23H20N2. The molecule has 0 bridgehead atoms. The average molecular weight is 324 g/mol. The summed E-state index contributed by atoms with van der Waals surface area (Å²) in [7, 11) is 0. The van der Waals surface area contributed by atoms with Crippen molar-refractivity contribution in [1.82, 2.24) is 4.98 Å². The fourth-order valence-corrected chi connectivity index (χ4v) is 3.12. The Bertz CT molecular complexity index is 1020. The van der Waals surface area contributed by atoms with Crippen LogP contribution in [0.2, 0.25) is 0 Å². The van der Waals surface area contributed by atoms with Crippen LogP contribution in [0.5, 0.6) is 0 Å². The van der Waals surface area contributed by atoms with E-state index < -0.39 is 0 Å². The highest BCUT2D eigenvalue weighted by Gasteiger charge is 2.16. The smallest absolute Gasteiger partial charge is 0.145 e. The van der Waals surface area contributed by atoms with E-state index in [-0.39, 0.29) is 0 Å². The van der Waals surface area contributed by atoms with Gasteiger partial charge in [0.1, 0.15) is 5.82 Å². The summed E-state index contributed by atoms with van der Waals surface area (Å²) >= 11 is 0. The number of hydrogen-bond donors (Lipinski definition) is 0. The molecule has 0 aliphatic rings. The number of aromatic nitrogens is 1. The second kappa shape index (κ2) is 6.40. The maximum atomic E-state index is 4.74. The summed E-state index contributed by atoms with van der Waals surface area (Å²) < 4.78 is 0. The van der Waals surface area contributed by atoms with Crippen LogP contribution in [0.4, 0.5) is 17.2 Å². The molecule has 122 valence electrons. The van der Waals surface area contributed by atoms with Gasteiger partial charge in [0.2, 0.25) is 0 Å². The Labute approximate surface area is 148 Å². The molecule has 1 aromatic heterocycles. The minimum absolute atomic E-state index is 0.951. The molecule has 0 saturated heterocycles. The first-order valence-corrected chi connectivity index (χ1v) is 8.50. The van der Waals surface area contributed by atoms with Gasteiger partial charge < -0.3 is 0 Å². The Kier molecular flexibility index (Phi) is 3.95. The Morgan fingerprint density at radius 2 is 1.44 bits per heavy atom. The molecule has 0 aliphatic carbocycles. The largest absolute Gasteiger partial charge is 0.295 e. The van der Waals surface area contributed by atoms with E-state index in [0.717, 1.165) is 22.6 Å². The third-order valence-corrected chi connectivity index (χ3v) is 4.63. The van der Waals surface area contributed by atoms with Gasteiger partial charge in [-0.3, -0.25) is 4.90 Å². The molecule has 2 heteroatoms. The molecule has 0 saturated carbocycles. The molecule has 4 rings (SSSR count). The van der Waals surface area contributed by atoms with Gasteiger partial charge in [-0.2, -0.15) is 0 Å². The lowest BCUT2D eigenvalue weighted by Gasteiger charge is -2.26. The number of pyridine rings is 1. The Hall–Kier alpha value is -3.13. The summed E-state index contributed by atoms with van der Waals surface area (Å²) in [6.45, 7) is 4.29. The molecule has 0 radical (unpaired) electrons. The van der Waals surface area contributed by atoms with E-state index in [2.05, 4.69) is 91.5 Å². The lowest BCUT2D eigenvalue weighted by Crippen LogP contribution is -2.12. The van der Waals surface area contributed by atoms with Gasteiger partial charge in [-0.05, 0) is 60.7 Å². The van der Waals surface area contributed by atoms with Gasteiger partial charge in [0.25, 0.3) is 0 Å². The molecule has 0 N–H and O–H groups in total. The highest BCUT2D eigenvalue weighted by Crippen LogP contribution is 2.37. The summed E-state index contributed by atoms with van der Waals surface area (Å²) in [6, 6.07) is 27.4. The topological polar surface area (TPSA) is 16.1 Å². The molecule has 25 heavy (non-hydrogen) atoms. The van der Waals surface area contributed by atoms with Gasteiger partial charge in [0.05, 0.1) is 0 Å². The van der Waals surface area contributed by atoms with E-state index in [1.54, 1.807) is 0 Å². The maximum Gasteiger partial charge on any atom is 0.145 e. The molecule has 0 atom stereocenters. The molecule has 0 amide bonds. The number of aryl methyl sites for hydroxylation is 2. The van der Waals surface area contributed by atoms with E-state index in [9.17, 15) is 0 Å². The molecule has 0 aliphatic heterocycles. The zero-order valence-electron chi connectivity index (χ0n) is 14.5. The van der Waals surface area contributed by atoms with Crippen LogP contribution < -0.4 is 4.90 Å². The van der Waals surface area contributed by atoms with Crippen molar-refractivity contribution in [1.29, 1.82) is 0 Å². The van der Waals surface area contributed by atoms with Crippen LogP contribution in [0.1, 0.15) is 11.1 Å². The second-order valence-electron chi connectivity index (χ2n) is 6.30. The van der Waals surface area contributed by atoms with Crippen molar-refractivity contribution in [2.24, 2.45) is 0 Å². The highest BCUT2D eigenvalue weighted by atomic mass is 15.2. The summed E-state index contributed by atoms with van der Waals surface area (Å²) in [6.07, 6.45) is 1.88. The zero-order valence-corrected chi connectivity index (χ0v) is 14.5. The van der Waals surface area contributed by atoms with E-state index >= 15 is 0 Å². The van der Waals surface area contributed by atoms with Gasteiger partial charge in [0.15, 0.2) is 0 Å². The first-order valence-electron chi connectivity index (χ1n) is 8.50. The van der Waals surface area contributed by atoms with Crippen LogP contribution in [0.3, 0.4) is 0 Å². The number of rotatable bonds is 3. The van der Waals surface area contributed by atoms with Crippen LogP contribution in [-0.4, -0.2) is 4.98 Å². The fourth-order valence-electron chi connectivity index (χ4n) is 3.12. The Balaban J connectivity index is 1.99. The molecular weight excluding hydrogens is 304 g/mol. The second-order valence-corrected chi connectivity index (χ2v) is 6.30. The first kappa shape index (κ1) is 15.4. The van der Waals surface area contributed by atoms with Crippen molar-refractivity contribution < 1.29 is 0 Å². The van der Waals surface area contributed by atoms with E-state index in [1.807, 2.05) is 12.3 Å². The van der Waals surface area contributed by atoms with Crippen molar-refractivity contribution in [2.75, 3.05) is 4.90 Å².